The zero-order valence-electron chi connectivity index (χ0n) is 11.4. The van der Waals surface area contributed by atoms with Gasteiger partial charge in [0.2, 0.25) is 0 Å². The molecule has 1 aliphatic rings. The van der Waals surface area contributed by atoms with Gasteiger partial charge in [0.25, 0.3) is 11.6 Å². The number of nitro groups is 1. The first-order valence-corrected chi connectivity index (χ1v) is 6.72. The van der Waals surface area contributed by atoms with E-state index in [2.05, 4.69) is 4.90 Å². The fourth-order valence-corrected chi connectivity index (χ4v) is 2.70. The van der Waals surface area contributed by atoms with Crippen LogP contribution in [0.25, 0.3) is 0 Å². The Labute approximate surface area is 122 Å². The van der Waals surface area contributed by atoms with Crippen molar-refractivity contribution in [1.29, 1.82) is 0 Å². The summed E-state index contributed by atoms with van der Waals surface area (Å²) in [5, 5.41) is 10.8. The Balaban J connectivity index is 2.30. The van der Waals surface area contributed by atoms with E-state index in [-0.39, 0.29) is 28.2 Å². The second kappa shape index (κ2) is 5.76. The minimum Gasteiger partial charge on any atom is -0.333 e. The van der Waals surface area contributed by atoms with E-state index in [1.165, 1.54) is 18.2 Å². The molecular weight excluding hydrogens is 282 g/mol. The number of hydrogen-bond acceptors (Lipinski definition) is 4. The number of rotatable bonds is 2. The Bertz CT molecular complexity index is 550. The first-order valence-electron chi connectivity index (χ1n) is 6.34. The molecule has 0 N–H and O–H groups in total. The SMILES string of the molecule is CC1CN(C)CCN1C(=O)c1cccc([N+](=O)[O-])c1Cl. The van der Waals surface area contributed by atoms with Crippen LogP contribution >= 0.6 is 11.6 Å². The zero-order chi connectivity index (χ0) is 14.9. The van der Waals surface area contributed by atoms with E-state index in [9.17, 15) is 14.9 Å². The first-order chi connectivity index (χ1) is 9.41. The van der Waals surface area contributed by atoms with Crippen LogP contribution in [0.5, 0.6) is 0 Å². The lowest BCUT2D eigenvalue weighted by atomic mass is 10.1. The van der Waals surface area contributed by atoms with Crippen molar-refractivity contribution < 1.29 is 9.72 Å². The zero-order valence-corrected chi connectivity index (χ0v) is 12.1. The topological polar surface area (TPSA) is 66.7 Å². The van der Waals surface area contributed by atoms with Crippen molar-refractivity contribution in [3.05, 3.63) is 38.9 Å². The lowest BCUT2D eigenvalue weighted by molar-refractivity contribution is -0.384. The third kappa shape index (κ3) is 2.76. The monoisotopic (exact) mass is 297 g/mol. The van der Waals surface area contributed by atoms with Gasteiger partial charge in [-0.15, -0.1) is 0 Å². The van der Waals surface area contributed by atoms with Gasteiger partial charge in [0.15, 0.2) is 0 Å². The summed E-state index contributed by atoms with van der Waals surface area (Å²) in [7, 11) is 2.00. The number of amides is 1. The summed E-state index contributed by atoms with van der Waals surface area (Å²) in [6.07, 6.45) is 0. The van der Waals surface area contributed by atoms with Crippen LogP contribution < -0.4 is 0 Å². The lowest BCUT2D eigenvalue weighted by Crippen LogP contribution is -2.52. The maximum atomic E-state index is 12.5. The summed E-state index contributed by atoms with van der Waals surface area (Å²) in [5.74, 6) is -0.251. The molecule has 7 heteroatoms. The van der Waals surface area contributed by atoms with E-state index in [0.29, 0.717) is 6.54 Å². The minimum absolute atomic E-state index is 0.0524. The Hall–Kier alpha value is -1.66. The number of nitro benzene ring substituents is 1. The fourth-order valence-electron chi connectivity index (χ4n) is 2.42. The predicted molar refractivity (Wildman–Crippen MR) is 76.1 cm³/mol. The van der Waals surface area contributed by atoms with Crippen LogP contribution in [0.15, 0.2) is 18.2 Å². The molecule has 1 atom stereocenters. The van der Waals surface area contributed by atoms with E-state index in [1.807, 2.05) is 14.0 Å². The van der Waals surface area contributed by atoms with Gasteiger partial charge in [-0.3, -0.25) is 14.9 Å². The molecule has 1 fully saturated rings. The molecule has 1 aromatic carbocycles. The highest BCUT2D eigenvalue weighted by Gasteiger charge is 2.29. The minimum atomic E-state index is -0.577. The van der Waals surface area contributed by atoms with E-state index in [0.717, 1.165) is 13.1 Å². The number of nitrogens with zero attached hydrogens (tertiary/aromatic N) is 3. The van der Waals surface area contributed by atoms with E-state index in [4.69, 9.17) is 11.6 Å². The summed E-state index contributed by atoms with van der Waals surface area (Å²) >= 11 is 5.99. The molecule has 0 aliphatic carbocycles. The van der Waals surface area contributed by atoms with Crippen LogP contribution in [-0.4, -0.2) is 53.4 Å². The van der Waals surface area contributed by atoms with Crippen molar-refractivity contribution in [1.82, 2.24) is 9.80 Å². The van der Waals surface area contributed by atoms with Gasteiger partial charge >= 0.3 is 0 Å². The van der Waals surface area contributed by atoms with Crippen molar-refractivity contribution in [3.63, 3.8) is 0 Å². The number of halogens is 1. The van der Waals surface area contributed by atoms with Gasteiger partial charge in [-0.05, 0) is 20.0 Å². The predicted octanol–water partition coefficient (Wildman–Crippen LogP) is 2.02. The molecule has 1 aliphatic heterocycles. The first kappa shape index (κ1) is 14.7. The van der Waals surface area contributed by atoms with Gasteiger partial charge in [-0.1, -0.05) is 17.7 Å². The average Bonchev–Trinajstić information content (AvgIpc) is 2.38. The second-order valence-corrected chi connectivity index (χ2v) is 5.38. The van der Waals surface area contributed by atoms with Crippen molar-refractivity contribution >= 4 is 23.2 Å². The Kier molecular flexibility index (Phi) is 4.25. The number of carbonyl (C=O) groups is 1. The molecule has 0 bridgehead atoms. The van der Waals surface area contributed by atoms with E-state index in [1.54, 1.807) is 4.90 Å². The molecule has 0 radical (unpaired) electrons. The number of carbonyl (C=O) groups excluding carboxylic acids is 1. The molecule has 0 spiro atoms. The number of benzene rings is 1. The number of piperazine rings is 1. The summed E-state index contributed by atoms with van der Waals surface area (Å²) in [6.45, 7) is 4.11. The third-order valence-corrected chi connectivity index (χ3v) is 3.89. The molecule has 20 heavy (non-hydrogen) atoms. The molecule has 1 aromatic rings. The van der Waals surface area contributed by atoms with Gasteiger partial charge in [0.1, 0.15) is 5.02 Å². The fraction of sp³-hybridized carbons (Fsp3) is 0.462. The van der Waals surface area contributed by atoms with Crippen LogP contribution in [0.1, 0.15) is 17.3 Å². The van der Waals surface area contributed by atoms with E-state index < -0.39 is 4.92 Å². The quantitative estimate of drug-likeness (QED) is 0.619. The Morgan fingerprint density at radius 1 is 1.45 bits per heavy atom. The van der Waals surface area contributed by atoms with Gasteiger partial charge in [0.05, 0.1) is 10.5 Å². The molecule has 1 unspecified atom stereocenters. The average molecular weight is 298 g/mol. The maximum Gasteiger partial charge on any atom is 0.288 e. The molecule has 1 amide bonds. The van der Waals surface area contributed by atoms with Crippen LogP contribution in [-0.2, 0) is 0 Å². The molecule has 0 aromatic heterocycles. The smallest absolute Gasteiger partial charge is 0.288 e. The molecule has 1 saturated heterocycles. The summed E-state index contributed by atoms with van der Waals surface area (Å²) in [5.41, 5.74) is -0.0448. The summed E-state index contributed by atoms with van der Waals surface area (Å²) in [4.78, 5) is 26.7. The van der Waals surface area contributed by atoms with Gasteiger partial charge in [0, 0.05) is 31.7 Å². The van der Waals surface area contributed by atoms with Crippen LogP contribution in [0, 0.1) is 10.1 Å². The highest BCUT2D eigenvalue weighted by molar-refractivity contribution is 6.35. The normalized spacial score (nSPS) is 19.9. The van der Waals surface area contributed by atoms with Crippen molar-refractivity contribution in [2.24, 2.45) is 0 Å². The highest BCUT2D eigenvalue weighted by Crippen LogP contribution is 2.29. The van der Waals surface area contributed by atoms with Crippen molar-refractivity contribution in [2.75, 3.05) is 26.7 Å². The standard InChI is InChI=1S/C13H16ClN3O3/c1-9-8-15(2)6-7-16(9)13(18)10-4-3-5-11(12(10)14)17(19)20/h3-5,9H,6-8H2,1-2H3. The van der Waals surface area contributed by atoms with Gasteiger partial charge in [-0.25, -0.2) is 0 Å². The summed E-state index contributed by atoms with van der Waals surface area (Å²) < 4.78 is 0. The molecule has 1 heterocycles. The van der Waals surface area contributed by atoms with Crippen LogP contribution in [0.2, 0.25) is 5.02 Å². The molecule has 0 saturated carbocycles. The van der Waals surface area contributed by atoms with Gasteiger partial charge < -0.3 is 9.80 Å². The van der Waals surface area contributed by atoms with Crippen molar-refractivity contribution in [3.8, 4) is 0 Å². The van der Waals surface area contributed by atoms with Crippen LogP contribution in [0.4, 0.5) is 5.69 Å². The third-order valence-electron chi connectivity index (χ3n) is 3.50. The molecule has 108 valence electrons. The Morgan fingerprint density at radius 2 is 2.15 bits per heavy atom. The molecule has 6 nitrogen and oxygen atoms in total. The Morgan fingerprint density at radius 3 is 2.75 bits per heavy atom. The van der Waals surface area contributed by atoms with Crippen molar-refractivity contribution in [2.45, 2.75) is 13.0 Å². The second-order valence-electron chi connectivity index (χ2n) is 5.01. The largest absolute Gasteiger partial charge is 0.333 e. The van der Waals surface area contributed by atoms with Crippen LogP contribution in [0.3, 0.4) is 0 Å². The van der Waals surface area contributed by atoms with E-state index >= 15 is 0 Å². The maximum absolute atomic E-state index is 12.5. The molecular formula is C13H16ClN3O3. The summed E-state index contributed by atoms with van der Waals surface area (Å²) in [6, 6.07) is 4.37. The number of hydrogen-bond donors (Lipinski definition) is 0. The van der Waals surface area contributed by atoms with Gasteiger partial charge in [-0.2, -0.15) is 0 Å². The molecule has 2 rings (SSSR count). The highest BCUT2D eigenvalue weighted by atomic mass is 35.5. The lowest BCUT2D eigenvalue weighted by Gasteiger charge is -2.38. The number of likely N-dealkylation sites (N-methyl/N-ethyl adjacent to an activating group) is 1.